The van der Waals surface area contributed by atoms with Crippen LogP contribution in [0.25, 0.3) is 0 Å². The normalized spacial score (nSPS) is 30.9. The summed E-state index contributed by atoms with van der Waals surface area (Å²) in [6, 6.07) is 0.171. The number of carbonyl (C=O) groups is 1. The Hall–Kier alpha value is -0.780. The second-order valence-electron chi connectivity index (χ2n) is 5.56. The van der Waals surface area contributed by atoms with E-state index in [1.54, 1.807) is 0 Å². The number of carbonyl (C=O) groups excluding carboxylic acids is 1. The van der Waals surface area contributed by atoms with Crippen LogP contribution < -0.4 is 5.32 Å². The molecule has 0 bridgehead atoms. The fourth-order valence-corrected chi connectivity index (χ4v) is 2.42. The summed E-state index contributed by atoms with van der Waals surface area (Å²) in [4.78, 5) is 10.8. The third kappa shape index (κ3) is 3.37. The predicted octanol–water partition coefficient (Wildman–Crippen LogP) is 2.40. The molecule has 2 unspecified atom stereocenters. The van der Waals surface area contributed by atoms with Crippen LogP contribution in [0.5, 0.6) is 0 Å². The average Bonchev–Trinajstić information content (AvgIpc) is 3.00. The highest BCUT2D eigenvalue weighted by Gasteiger charge is 2.53. The Balaban J connectivity index is 1.83. The van der Waals surface area contributed by atoms with Crippen LogP contribution >= 0.6 is 0 Å². The summed E-state index contributed by atoms with van der Waals surface area (Å²) in [5.74, 6) is -1.45. The molecule has 6 heteroatoms. The van der Waals surface area contributed by atoms with Crippen molar-refractivity contribution in [3.63, 3.8) is 0 Å². The van der Waals surface area contributed by atoms with Crippen molar-refractivity contribution in [2.45, 2.75) is 56.8 Å². The van der Waals surface area contributed by atoms with Crippen molar-refractivity contribution in [1.82, 2.24) is 5.32 Å². The van der Waals surface area contributed by atoms with Crippen LogP contribution in [0.3, 0.4) is 0 Å². The van der Waals surface area contributed by atoms with Gasteiger partial charge in [-0.2, -0.15) is 13.2 Å². The third-order valence-corrected chi connectivity index (χ3v) is 3.73. The number of alkyl halides is 3. The number of hydrogen-bond acceptors (Lipinski definition) is 3. The third-order valence-electron chi connectivity index (χ3n) is 3.73. The number of nitrogens with one attached hydrogen (secondary N) is 1. The number of rotatable bonds is 3. The lowest BCUT2D eigenvalue weighted by atomic mass is 9.92. The van der Waals surface area contributed by atoms with Gasteiger partial charge in [-0.3, -0.25) is 0 Å². The predicted molar refractivity (Wildman–Crippen MR) is 58.9 cm³/mol. The van der Waals surface area contributed by atoms with Crippen molar-refractivity contribution in [2.24, 2.45) is 5.92 Å². The number of ether oxygens (including phenoxy) is 1. The quantitative estimate of drug-likeness (QED) is 0.796. The molecule has 0 amide bonds. The highest BCUT2D eigenvalue weighted by Crippen LogP contribution is 2.45. The van der Waals surface area contributed by atoms with E-state index in [-0.39, 0.29) is 6.04 Å². The van der Waals surface area contributed by atoms with Gasteiger partial charge < -0.3 is 10.1 Å². The van der Waals surface area contributed by atoms with Gasteiger partial charge in [-0.15, -0.1) is 0 Å². The zero-order valence-corrected chi connectivity index (χ0v) is 10.3. The van der Waals surface area contributed by atoms with E-state index < -0.39 is 17.7 Å². The Morgan fingerprint density at radius 3 is 2.50 bits per heavy atom. The molecule has 104 valence electrons. The molecule has 0 spiro atoms. The number of halogens is 3. The molecular formula is C12H18F3NO2. The Morgan fingerprint density at radius 1 is 1.39 bits per heavy atom. The summed E-state index contributed by atoms with van der Waals surface area (Å²) in [7, 11) is 0. The van der Waals surface area contributed by atoms with Gasteiger partial charge in [0.1, 0.15) is 5.60 Å². The summed E-state index contributed by atoms with van der Waals surface area (Å²) < 4.78 is 41.1. The van der Waals surface area contributed by atoms with Gasteiger partial charge in [0.25, 0.3) is 0 Å². The molecule has 1 N–H and O–H groups in total. The van der Waals surface area contributed by atoms with Gasteiger partial charge in [-0.25, -0.2) is 4.79 Å². The maximum absolute atomic E-state index is 12.1. The van der Waals surface area contributed by atoms with Crippen molar-refractivity contribution in [1.29, 1.82) is 0 Å². The molecule has 0 aromatic carbocycles. The van der Waals surface area contributed by atoms with Gasteiger partial charge >= 0.3 is 12.1 Å². The largest absolute Gasteiger partial charge is 0.490 e. The monoisotopic (exact) mass is 265 g/mol. The lowest BCUT2D eigenvalue weighted by molar-refractivity contribution is -0.207. The van der Waals surface area contributed by atoms with Crippen LogP contribution in [0, 0.1) is 5.92 Å². The topological polar surface area (TPSA) is 38.3 Å². The molecule has 2 aliphatic rings. The van der Waals surface area contributed by atoms with E-state index in [1.165, 1.54) is 0 Å². The minimum atomic E-state index is -4.88. The van der Waals surface area contributed by atoms with Crippen molar-refractivity contribution in [2.75, 3.05) is 6.54 Å². The van der Waals surface area contributed by atoms with Crippen molar-refractivity contribution < 1.29 is 22.7 Å². The number of hydrogen-bond donors (Lipinski definition) is 1. The van der Waals surface area contributed by atoms with Crippen LogP contribution in [-0.4, -0.2) is 30.3 Å². The second kappa shape index (κ2) is 4.72. The molecular weight excluding hydrogens is 247 g/mol. The fourth-order valence-electron chi connectivity index (χ4n) is 2.42. The van der Waals surface area contributed by atoms with Crippen molar-refractivity contribution in [3.05, 3.63) is 0 Å². The van der Waals surface area contributed by atoms with Crippen LogP contribution in [0.1, 0.15) is 39.0 Å². The molecule has 1 heterocycles. The first-order chi connectivity index (χ1) is 8.31. The molecule has 1 saturated heterocycles. The lowest BCUT2D eigenvalue weighted by Gasteiger charge is -2.30. The fraction of sp³-hybridized carbons (Fsp3) is 0.917. The summed E-state index contributed by atoms with van der Waals surface area (Å²) in [5, 5.41) is 3.30. The minimum Gasteiger partial charge on any atom is -0.452 e. The van der Waals surface area contributed by atoms with E-state index >= 15 is 0 Å². The molecule has 0 aromatic heterocycles. The maximum atomic E-state index is 12.1. The molecule has 0 radical (unpaired) electrons. The van der Waals surface area contributed by atoms with Crippen molar-refractivity contribution in [3.8, 4) is 0 Å². The zero-order valence-electron chi connectivity index (χ0n) is 10.3. The molecule has 1 aliphatic heterocycles. The molecule has 1 saturated carbocycles. The molecule has 0 aromatic rings. The standard InChI is InChI=1S/C12H18F3NO2/c1-8-2-3-9(16-7-8)6-11(4-5-11)18-10(17)12(13,14)15/h8-9,16H,2-7H2,1H3. The molecule has 18 heavy (non-hydrogen) atoms. The summed E-state index contributed by atoms with van der Waals surface area (Å²) in [5.41, 5.74) is -0.856. The van der Waals surface area contributed by atoms with Crippen LogP contribution in [-0.2, 0) is 9.53 Å². The Bertz CT molecular complexity index is 318. The van der Waals surface area contributed by atoms with E-state index in [0.29, 0.717) is 25.2 Å². The van der Waals surface area contributed by atoms with Gasteiger partial charge in [0, 0.05) is 12.5 Å². The Kier molecular flexibility index (Phi) is 3.58. The Morgan fingerprint density at radius 2 is 2.06 bits per heavy atom. The molecule has 2 atom stereocenters. The zero-order chi connectivity index (χ0) is 13.4. The smallest absolute Gasteiger partial charge is 0.452 e. The number of esters is 1. The molecule has 3 nitrogen and oxygen atoms in total. The highest BCUT2D eigenvalue weighted by molar-refractivity contribution is 5.76. The molecule has 2 fully saturated rings. The number of piperidine rings is 1. The first-order valence-electron chi connectivity index (χ1n) is 6.34. The lowest BCUT2D eigenvalue weighted by Crippen LogP contribution is -2.42. The van der Waals surface area contributed by atoms with E-state index in [4.69, 9.17) is 0 Å². The van der Waals surface area contributed by atoms with Gasteiger partial charge in [-0.05, 0) is 38.1 Å². The molecule has 2 rings (SSSR count). The second-order valence-corrected chi connectivity index (χ2v) is 5.56. The molecule has 1 aliphatic carbocycles. The first kappa shape index (κ1) is 13.6. The van der Waals surface area contributed by atoms with Gasteiger partial charge in [0.15, 0.2) is 0 Å². The van der Waals surface area contributed by atoms with E-state index in [9.17, 15) is 18.0 Å². The average molecular weight is 265 g/mol. The van der Waals surface area contributed by atoms with Crippen LogP contribution in [0.4, 0.5) is 13.2 Å². The Labute approximate surface area is 104 Å². The van der Waals surface area contributed by atoms with Crippen molar-refractivity contribution >= 4 is 5.97 Å². The van der Waals surface area contributed by atoms with Crippen LogP contribution in [0.2, 0.25) is 0 Å². The van der Waals surface area contributed by atoms with Gasteiger partial charge in [0.05, 0.1) is 0 Å². The van der Waals surface area contributed by atoms with E-state index in [0.717, 1.165) is 19.4 Å². The first-order valence-corrected chi connectivity index (χ1v) is 6.34. The summed E-state index contributed by atoms with van der Waals surface area (Å²) in [6.07, 6.45) is -1.29. The highest BCUT2D eigenvalue weighted by atomic mass is 19.4. The van der Waals surface area contributed by atoms with Crippen LogP contribution in [0.15, 0.2) is 0 Å². The van der Waals surface area contributed by atoms with E-state index in [2.05, 4.69) is 17.0 Å². The minimum absolute atomic E-state index is 0.171. The van der Waals surface area contributed by atoms with E-state index in [1.807, 2.05) is 0 Å². The maximum Gasteiger partial charge on any atom is 0.490 e. The summed E-state index contributed by atoms with van der Waals surface area (Å²) in [6.45, 7) is 3.02. The van der Waals surface area contributed by atoms with Gasteiger partial charge in [0.2, 0.25) is 0 Å². The van der Waals surface area contributed by atoms with Gasteiger partial charge in [-0.1, -0.05) is 6.92 Å². The summed E-state index contributed by atoms with van der Waals surface area (Å²) >= 11 is 0. The SMILES string of the molecule is CC1CCC(CC2(OC(=O)C(F)(F)F)CC2)NC1.